The van der Waals surface area contributed by atoms with Gasteiger partial charge in [0.25, 0.3) is 0 Å². The van der Waals surface area contributed by atoms with Crippen molar-refractivity contribution in [3.05, 3.63) is 40.6 Å². The number of rotatable bonds is 2. The van der Waals surface area contributed by atoms with Crippen LogP contribution >= 0.6 is 0 Å². The van der Waals surface area contributed by atoms with E-state index in [0.717, 1.165) is 6.20 Å². The fraction of sp³-hybridized carbons (Fsp3) is 0.0833. The molecule has 0 atom stereocenters. The van der Waals surface area contributed by atoms with Gasteiger partial charge in [-0.1, -0.05) is 12.1 Å². The molecule has 0 saturated carbocycles. The van der Waals surface area contributed by atoms with Gasteiger partial charge in [-0.3, -0.25) is 14.9 Å². The van der Waals surface area contributed by atoms with Gasteiger partial charge in [0.2, 0.25) is 17.7 Å². The summed E-state index contributed by atoms with van der Waals surface area (Å²) >= 11 is 0. The van der Waals surface area contributed by atoms with E-state index in [1.807, 2.05) is 0 Å². The third-order valence-electron chi connectivity index (χ3n) is 2.99. The molecule has 0 saturated heterocycles. The summed E-state index contributed by atoms with van der Waals surface area (Å²) in [5.74, 6) is -0.394. The van der Waals surface area contributed by atoms with Crippen LogP contribution in [-0.2, 0) is 4.79 Å². The SMILES string of the molecule is Nc1ncc([N+](=O)[O-])c(N2CC(=O)Nc3ccccc32)n1. The number of hydrogen-bond donors (Lipinski definition) is 2. The summed E-state index contributed by atoms with van der Waals surface area (Å²) in [6, 6.07) is 6.96. The van der Waals surface area contributed by atoms with Gasteiger partial charge in [-0.15, -0.1) is 0 Å². The Kier molecular flexibility index (Phi) is 2.87. The lowest BCUT2D eigenvalue weighted by Gasteiger charge is -2.29. The molecule has 106 valence electrons. The van der Waals surface area contributed by atoms with Crippen molar-refractivity contribution in [2.24, 2.45) is 0 Å². The van der Waals surface area contributed by atoms with Crippen molar-refractivity contribution >= 4 is 34.7 Å². The van der Waals surface area contributed by atoms with Gasteiger partial charge < -0.3 is 16.0 Å². The molecule has 0 fully saturated rings. The number of aromatic nitrogens is 2. The van der Waals surface area contributed by atoms with E-state index in [4.69, 9.17) is 5.73 Å². The van der Waals surface area contributed by atoms with Crippen LogP contribution in [-0.4, -0.2) is 27.3 Å². The second-order valence-corrected chi connectivity index (χ2v) is 4.35. The summed E-state index contributed by atoms with van der Waals surface area (Å²) in [7, 11) is 0. The summed E-state index contributed by atoms with van der Waals surface area (Å²) in [4.78, 5) is 31.3. The van der Waals surface area contributed by atoms with Gasteiger partial charge in [-0.25, -0.2) is 4.98 Å². The Labute approximate surface area is 118 Å². The van der Waals surface area contributed by atoms with Crippen molar-refractivity contribution in [2.45, 2.75) is 0 Å². The summed E-state index contributed by atoms with van der Waals surface area (Å²) in [6.07, 6.45) is 1.03. The maximum atomic E-state index is 11.8. The molecule has 0 aliphatic carbocycles. The lowest BCUT2D eigenvalue weighted by Crippen LogP contribution is -2.35. The largest absolute Gasteiger partial charge is 0.368 e. The average Bonchev–Trinajstić information content (AvgIpc) is 2.45. The molecular weight excluding hydrogens is 276 g/mol. The highest BCUT2D eigenvalue weighted by Crippen LogP contribution is 2.37. The first-order chi connectivity index (χ1) is 10.1. The van der Waals surface area contributed by atoms with Crippen molar-refractivity contribution in [3.8, 4) is 0 Å². The van der Waals surface area contributed by atoms with Crippen molar-refractivity contribution in [2.75, 3.05) is 22.5 Å². The third kappa shape index (κ3) is 2.20. The van der Waals surface area contributed by atoms with Crippen LogP contribution in [0.15, 0.2) is 30.5 Å². The van der Waals surface area contributed by atoms with E-state index < -0.39 is 4.92 Å². The predicted octanol–water partition coefficient (Wildman–Crippen LogP) is 1.06. The molecule has 2 aromatic rings. The van der Waals surface area contributed by atoms with E-state index in [-0.39, 0.29) is 29.9 Å². The number of hydrogen-bond acceptors (Lipinski definition) is 7. The molecule has 9 nitrogen and oxygen atoms in total. The van der Waals surface area contributed by atoms with Crippen LogP contribution in [0, 0.1) is 10.1 Å². The summed E-state index contributed by atoms with van der Waals surface area (Å²) in [6.45, 7) is -0.0890. The monoisotopic (exact) mass is 286 g/mol. The number of nitrogens with zero attached hydrogens (tertiary/aromatic N) is 4. The zero-order chi connectivity index (χ0) is 15.0. The number of nitro groups is 1. The standard InChI is InChI=1S/C12H10N6O3/c13-12-14-5-9(18(20)21)11(16-12)17-6-10(19)15-7-3-1-2-4-8(7)17/h1-5H,6H2,(H,15,19)(H2,13,14,16). The van der Waals surface area contributed by atoms with Crippen LogP contribution in [0.25, 0.3) is 0 Å². The zero-order valence-electron chi connectivity index (χ0n) is 10.7. The molecule has 3 rings (SSSR count). The van der Waals surface area contributed by atoms with Crippen LogP contribution in [0.1, 0.15) is 0 Å². The molecule has 0 spiro atoms. The van der Waals surface area contributed by atoms with Gasteiger partial charge in [0.1, 0.15) is 12.7 Å². The summed E-state index contributed by atoms with van der Waals surface area (Å²) in [5.41, 5.74) is 6.37. The van der Waals surface area contributed by atoms with E-state index in [0.29, 0.717) is 11.4 Å². The average molecular weight is 286 g/mol. The number of fused-ring (bicyclic) bond motifs is 1. The minimum absolute atomic E-state index is 0.00481. The Morgan fingerprint density at radius 1 is 1.38 bits per heavy atom. The Morgan fingerprint density at radius 3 is 2.90 bits per heavy atom. The molecule has 1 amide bonds. The molecule has 1 aromatic heterocycles. The van der Waals surface area contributed by atoms with Crippen LogP contribution in [0.3, 0.4) is 0 Å². The Morgan fingerprint density at radius 2 is 2.14 bits per heavy atom. The number of nitrogen functional groups attached to an aromatic ring is 1. The Bertz CT molecular complexity index is 748. The number of amides is 1. The van der Waals surface area contributed by atoms with Crippen molar-refractivity contribution in [3.63, 3.8) is 0 Å². The molecule has 1 aliphatic heterocycles. The second kappa shape index (κ2) is 4.71. The minimum Gasteiger partial charge on any atom is -0.368 e. The molecule has 3 N–H and O–H groups in total. The van der Waals surface area contributed by atoms with Gasteiger partial charge in [-0.05, 0) is 12.1 Å². The van der Waals surface area contributed by atoms with Crippen LogP contribution < -0.4 is 16.0 Å². The van der Waals surface area contributed by atoms with E-state index in [1.54, 1.807) is 24.3 Å². The third-order valence-corrected chi connectivity index (χ3v) is 2.99. The van der Waals surface area contributed by atoms with Crippen molar-refractivity contribution in [1.82, 2.24) is 9.97 Å². The smallest absolute Gasteiger partial charge is 0.330 e. The highest BCUT2D eigenvalue weighted by molar-refractivity contribution is 6.03. The first-order valence-corrected chi connectivity index (χ1v) is 5.99. The van der Waals surface area contributed by atoms with E-state index in [2.05, 4.69) is 15.3 Å². The summed E-state index contributed by atoms with van der Waals surface area (Å²) < 4.78 is 0. The van der Waals surface area contributed by atoms with Crippen LogP contribution in [0.4, 0.5) is 28.8 Å². The van der Waals surface area contributed by atoms with Gasteiger partial charge in [0.05, 0.1) is 16.3 Å². The molecule has 9 heteroatoms. The van der Waals surface area contributed by atoms with Gasteiger partial charge in [0.15, 0.2) is 0 Å². The fourth-order valence-corrected chi connectivity index (χ4v) is 2.13. The minimum atomic E-state index is -0.607. The van der Waals surface area contributed by atoms with Crippen molar-refractivity contribution < 1.29 is 9.72 Å². The first-order valence-electron chi connectivity index (χ1n) is 5.99. The first kappa shape index (κ1) is 12.8. The second-order valence-electron chi connectivity index (χ2n) is 4.35. The van der Waals surface area contributed by atoms with Gasteiger partial charge in [-0.2, -0.15) is 4.98 Å². The maximum absolute atomic E-state index is 11.8. The topological polar surface area (TPSA) is 127 Å². The number of para-hydroxylation sites is 2. The molecule has 0 unspecified atom stereocenters. The van der Waals surface area contributed by atoms with Crippen molar-refractivity contribution in [1.29, 1.82) is 0 Å². The summed E-state index contributed by atoms with van der Waals surface area (Å²) in [5, 5.41) is 13.8. The lowest BCUT2D eigenvalue weighted by molar-refractivity contribution is -0.384. The highest BCUT2D eigenvalue weighted by Gasteiger charge is 2.30. The normalized spacial score (nSPS) is 13.5. The van der Waals surface area contributed by atoms with Crippen LogP contribution in [0.5, 0.6) is 0 Å². The number of carbonyl (C=O) groups is 1. The molecule has 1 aliphatic rings. The zero-order valence-corrected chi connectivity index (χ0v) is 10.7. The van der Waals surface area contributed by atoms with Gasteiger partial charge >= 0.3 is 5.69 Å². The highest BCUT2D eigenvalue weighted by atomic mass is 16.6. The molecule has 0 radical (unpaired) electrons. The van der Waals surface area contributed by atoms with E-state index in [9.17, 15) is 14.9 Å². The van der Waals surface area contributed by atoms with Gasteiger partial charge in [0, 0.05) is 0 Å². The Hall–Kier alpha value is -3.23. The van der Waals surface area contributed by atoms with Crippen LogP contribution in [0.2, 0.25) is 0 Å². The molecular formula is C12H10N6O3. The lowest BCUT2D eigenvalue weighted by atomic mass is 10.2. The Balaban J connectivity index is 2.19. The fourth-order valence-electron chi connectivity index (χ4n) is 2.13. The number of benzene rings is 1. The molecule has 1 aromatic carbocycles. The molecule has 0 bridgehead atoms. The number of anilines is 4. The maximum Gasteiger partial charge on any atom is 0.330 e. The number of nitrogens with two attached hydrogens (primary N) is 1. The quantitative estimate of drug-likeness (QED) is 0.624. The number of nitrogens with one attached hydrogen (secondary N) is 1. The van der Waals surface area contributed by atoms with E-state index in [1.165, 1.54) is 4.90 Å². The molecule has 21 heavy (non-hydrogen) atoms. The van der Waals surface area contributed by atoms with E-state index >= 15 is 0 Å². The predicted molar refractivity (Wildman–Crippen MR) is 75.2 cm³/mol. The molecule has 2 heterocycles. The number of carbonyl (C=O) groups excluding carboxylic acids is 1.